The number of ether oxygens (including phenoxy) is 1. The van der Waals surface area contributed by atoms with Gasteiger partial charge >= 0.3 is 0 Å². The predicted octanol–water partition coefficient (Wildman–Crippen LogP) is 4.11. The van der Waals surface area contributed by atoms with E-state index in [-0.39, 0.29) is 0 Å². The van der Waals surface area contributed by atoms with Gasteiger partial charge in [-0.3, -0.25) is 4.99 Å². The molecule has 0 radical (unpaired) electrons. The summed E-state index contributed by atoms with van der Waals surface area (Å²) >= 11 is 0. The molecule has 1 N–H and O–H groups in total. The molecular weight excluding hydrogens is 320 g/mol. The van der Waals surface area contributed by atoms with Crippen LogP contribution in [0.4, 0.5) is 0 Å². The van der Waals surface area contributed by atoms with E-state index in [0.29, 0.717) is 13.2 Å². The lowest BCUT2D eigenvalue weighted by molar-refractivity contribution is 0.322. The van der Waals surface area contributed by atoms with Gasteiger partial charge in [0.1, 0.15) is 18.2 Å². The molecule has 0 saturated carbocycles. The Balaban J connectivity index is 1.59. The van der Waals surface area contributed by atoms with Gasteiger partial charge in [-0.15, -0.1) is 0 Å². The lowest BCUT2D eigenvalue weighted by atomic mass is 10.0. The van der Waals surface area contributed by atoms with Crippen molar-refractivity contribution in [3.63, 3.8) is 0 Å². The Kier molecular flexibility index (Phi) is 6.26. The zero-order valence-electron chi connectivity index (χ0n) is 15.4. The summed E-state index contributed by atoms with van der Waals surface area (Å²) in [4.78, 5) is 4.17. The predicted molar refractivity (Wildman–Crippen MR) is 109 cm³/mol. The second-order valence-electron chi connectivity index (χ2n) is 6.35. The smallest absolute Gasteiger partial charge is 0.120 e. The molecular formula is C23H26N2O. The van der Waals surface area contributed by atoms with Crippen LogP contribution in [0, 0.1) is 0 Å². The van der Waals surface area contributed by atoms with Crippen molar-refractivity contribution in [3.8, 4) is 5.75 Å². The fourth-order valence-electron chi connectivity index (χ4n) is 3.27. The van der Waals surface area contributed by atoms with E-state index in [1.807, 2.05) is 12.2 Å². The van der Waals surface area contributed by atoms with E-state index in [4.69, 9.17) is 4.74 Å². The maximum Gasteiger partial charge on any atom is 0.120 e. The third-order valence-corrected chi connectivity index (χ3v) is 4.65. The Morgan fingerprint density at radius 2 is 1.88 bits per heavy atom. The number of amidine groups is 1. The van der Waals surface area contributed by atoms with E-state index in [0.717, 1.165) is 30.8 Å². The summed E-state index contributed by atoms with van der Waals surface area (Å²) in [7, 11) is 1.76. The van der Waals surface area contributed by atoms with Crippen molar-refractivity contribution in [1.82, 2.24) is 5.32 Å². The molecule has 134 valence electrons. The van der Waals surface area contributed by atoms with Crippen molar-refractivity contribution in [3.05, 3.63) is 89.5 Å². The first-order chi connectivity index (χ1) is 12.8. The maximum absolute atomic E-state index is 5.94. The second-order valence-corrected chi connectivity index (χ2v) is 6.35. The fourth-order valence-corrected chi connectivity index (χ4v) is 3.27. The Bertz CT molecular complexity index is 821. The van der Waals surface area contributed by atoms with Gasteiger partial charge < -0.3 is 10.1 Å². The van der Waals surface area contributed by atoms with Crippen LogP contribution in [0.2, 0.25) is 0 Å². The van der Waals surface area contributed by atoms with Crippen molar-refractivity contribution in [2.24, 2.45) is 4.99 Å². The summed E-state index contributed by atoms with van der Waals surface area (Å²) < 4.78 is 5.94. The number of fused-ring (bicyclic) bond motifs is 2. The molecule has 1 aliphatic carbocycles. The largest absolute Gasteiger partial charge is 0.492 e. The zero-order valence-corrected chi connectivity index (χ0v) is 15.4. The summed E-state index contributed by atoms with van der Waals surface area (Å²) in [5.41, 5.74) is 5.71. The minimum absolute atomic E-state index is 0.594. The van der Waals surface area contributed by atoms with E-state index in [2.05, 4.69) is 59.4 Å². The van der Waals surface area contributed by atoms with Crippen LogP contribution in [0.5, 0.6) is 5.75 Å². The normalized spacial score (nSPS) is 13.7. The van der Waals surface area contributed by atoms with Gasteiger partial charge in [-0.05, 0) is 59.7 Å². The van der Waals surface area contributed by atoms with Crippen molar-refractivity contribution < 1.29 is 4.74 Å². The molecule has 0 bridgehead atoms. The molecule has 2 aromatic rings. The minimum atomic E-state index is 0.594. The molecule has 0 heterocycles. The Labute approximate surface area is 156 Å². The van der Waals surface area contributed by atoms with Gasteiger partial charge in [0.25, 0.3) is 0 Å². The van der Waals surface area contributed by atoms with Crippen LogP contribution in [-0.4, -0.2) is 26.0 Å². The van der Waals surface area contributed by atoms with E-state index in [9.17, 15) is 0 Å². The number of aliphatic imine (C=N–C) groups is 1. The third-order valence-electron chi connectivity index (χ3n) is 4.65. The first-order valence-electron chi connectivity index (χ1n) is 9.11. The molecule has 0 aromatic heterocycles. The maximum atomic E-state index is 5.94. The highest BCUT2D eigenvalue weighted by atomic mass is 16.5. The van der Waals surface area contributed by atoms with Crippen molar-refractivity contribution in [1.29, 1.82) is 0 Å². The van der Waals surface area contributed by atoms with E-state index in [1.54, 1.807) is 13.1 Å². The molecule has 0 atom stereocenters. The number of aryl methyl sites for hydroxylation is 2. The van der Waals surface area contributed by atoms with Crippen LogP contribution >= 0.6 is 0 Å². The molecule has 0 fully saturated rings. The minimum Gasteiger partial charge on any atom is -0.492 e. The van der Waals surface area contributed by atoms with E-state index < -0.39 is 0 Å². The standard InChI is InChI=1S/C23H26N2O/c1-3-4-9-23(24-2)25-14-15-26-22-13-12-19-11-10-18-7-5-6-8-20(18)16-21(19)17-22/h3-9,12-13,17H,1,10-11,14-16H2,2H3,(H,24,25)/b9-4-. The molecule has 0 spiro atoms. The van der Waals surface area contributed by atoms with E-state index in [1.165, 1.54) is 22.3 Å². The van der Waals surface area contributed by atoms with Gasteiger partial charge in [-0.1, -0.05) is 49.1 Å². The van der Waals surface area contributed by atoms with Gasteiger partial charge in [-0.25, -0.2) is 0 Å². The molecule has 0 unspecified atom stereocenters. The Morgan fingerprint density at radius 3 is 2.65 bits per heavy atom. The highest BCUT2D eigenvalue weighted by molar-refractivity contribution is 5.92. The Hall–Kier alpha value is -2.81. The lowest BCUT2D eigenvalue weighted by Gasteiger charge is -2.12. The molecule has 0 amide bonds. The van der Waals surface area contributed by atoms with Crippen LogP contribution in [0.15, 0.2) is 72.3 Å². The summed E-state index contributed by atoms with van der Waals surface area (Å²) in [6.45, 7) is 4.96. The number of nitrogens with zero attached hydrogens (tertiary/aromatic N) is 1. The Morgan fingerprint density at radius 1 is 1.12 bits per heavy atom. The first kappa shape index (κ1) is 18.0. The first-order valence-corrected chi connectivity index (χ1v) is 9.11. The lowest BCUT2D eigenvalue weighted by Crippen LogP contribution is -2.26. The summed E-state index contributed by atoms with van der Waals surface area (Å²) in [6.07, 6.45) is 8.69. The molecule has 0 aliphatic heterocycles. The van der Waals surface area contributed by atoms with Crippen LogP contribution < -0.4 is 10.1 Å². The third kappa shape index (κ3) is 4.63. The molecule has 2 aromatic carbocycles. The summed E-state index contributed by atoms with van der Waals surface area (Å²) in [5.74, 6) is 1.76. The number of hydrogen-bond acceptors (Lipinski definition) is 2. The van der Waals surface area contributed by atoms with Crippen LogP contribution in [0.3, 0.4) is 0 Å². The summed E-state index contributed by atoms with van der Waals surface area (Å²) in [6, 6.07) is 15.3. The van der Waals surface area contributed by atoms with Gasteiger partial charge in [0.15, 0.2) is 0 Å². The fraction of sp³-hybridized carbons (Fsp3) is 0.261. The van der Waals surface area contributed by atoms with Crippen LogP contribution in [0.25, 0.3) is 0 Å². The molecule has 1 aliphatic rings. The van der Waals surface area contributed by atoms with Gasteiger partial charge in [0, 0.05) is 7.05 Å². The highest BCUT2D eigenvalue weighted by Crippen LogP contribution is 2.27. The SMILES string of the molecule is C=C/C=C\C(=NC)NCCOc1ccc2c(c1)Cc1ccccc1CC2. The number of nitrogens with one attached hydrogen (secondary N) is 1. The number of allylic oxidation sites excluding steroid dienone is 2. The number of hydrogen-bond donors (Lipinski definition) is 1. The van der Waals surface area contributed by atoms with Crippen molar-refractivity contribution >= 4 is 5.84 Å². The van der Waals surface area contributed by atoms with Gasteiger partial charge in [0.2, 0.25) is 0 Å². The van der Waals surface area contributed by atoms with Crippen molar-refractivity contribution in [2.45, 2.75) is 19.3 Å². The number of benzene rings is 2. The average Bonchev–Trinajstić information content (AvgIpc) is 2.86. The molecule has 3 heteroatoms. The molecule has 3 nitrogen and oxygen atoms in total. The zero-order chi connectivity index (χ0) is 18.2. The molecule has 0 saturated heterocycles. The van der Waals surface area contributed by atoms with Gasteiger partial charge in [-0.2, -0.15) is 0 Å². The average molecular weight is 346 g/mol. The summed E-state index contributed by atoms with van der Waals surface area (Å²) in [5, 5.41) is 3.25. The number of rotatable bonds is 6. The topological polar surface area (TPSA) is 33.6 Å². The van der Waals surface area contributed by atoms with Crippen LogP contribution in [0.1, 0.15) is 22.3 Å². The monoisotopic (exact) mass is 346 g/mol. The highest BCUT2D eigenvalue weighted by Gasteiger charge is 2.13. The van der Waals surface area contributed by atoms with Gasteiger partial charge in [0.05, 0.1) is 6.54 Å². The quantitative estimate of drug-likeness (QED) is 0.369. The second kappa shape index (κ2) is 9.04. The van der Waals surface area contributed by atoms with E-state index >= 15 is 0 Å². The van der Waals surface area contributed by atoms with Crippen molar-refractivity contribution in [2.75, 3.05) is 20.2 Å². The molecule has 26 heavy (non-hydrogen) atoms. The van der Waals surface area contributed by atoms with Crippen LogP contribution in [-0.2, 0) is 19.3 Å². The molecule has 3 rings (SSSR count).